The molecule has 7 nitrogen and oxygen atoms in total. The fourth-order valence-electron chi connectivity index (χ4n) is 2.76. The number of amides is 1. The van der Waals surface area contributed by atoms with Gasteiger partial charge in [0, 0.05) is 57.5 Å². The van der Waals surface area contributed by atoms with Crippen LogP contribution in [0.4, 0.5) is 11.4 Å². The number of nitro groups is 1. The standard InChI is InChI=1S/C16H23N3O4/c1-4-18(10-12-7-8-23-11-12)16(20)14-9-13(19(21)22)5-6-15(14)17(2)3/h5-6,9,12H,4,7-8,10-11H2,1-3H3/t12-/m1/s1. The highest BCUT2D eigenvalue weighted by atomic mass is 16.6. The molecule has 0 aliphatic carbocycles. The van der Waals surface area contributed by atoms with E-state index in [0.29, 0.717) is 36.9 Å². The molecule has 1 aliphatic rings. The van der Waals surface area contributed by atoms with Crippen LogP contribution in [0.3, 0.4) is 0 Å². The Morgan fingerprint density at radius 2 is 2.17 bits per heavy atom. The molecule has 0 bridgehead atoms. The van der Waals surface area contributed by atoms with Crippen molar-refractivity contribution in [2.45, 2.75) is 13.3 Å². The molecule has 1 saturated heterocycles. The lowest BCUT2D eigenvalue weighted by atomic mass is 10.1. The highest BCUT2D eigenvalue weighted by Crippen LogP contribution is 2.26. The number of hydrogen-bond acceptors (Lipinski definition) is 5. The summed E-state index contributed by atoms with van der Waals surface area (Å²) in [6.07, 6.45) is 0.944. The van der Waals surface area contributed by atoms with Crippen molar-refractivity contribution in [1.29, 1.82) is 0 Å². The highest BCUT2D eigenvalue weighted by molar-refractivity contribution is 6.00. The van der Waals surface area contributed by atoms with Crippen molar-refractivity contribution in [3.05, 3.63) is 33.9 Å². The zero-order valence-electron chi connectivity index (χ0n) is 13.8. The molecule has 1 heterocycles. The Balaban J connectivity index is 2.30. The number of nitrogens with zero attached hydrogens (tertiary/aromatic N) is 3. The molecule has 7 heteroatoms. The van der Waals surface area contributed by atoms with Crippen molar-refractivity contribution in [3.63, 3.8) is 0 Å². The average Bonchev–Trinajstić information content (AvgIpc) is 3.04. The van der Waals surface area contributed by atoms with Crippen molar-refractivity contribution < 1.29 is 14.5 Å². The number of ether oxygens (including phenoxy) is 1. The number of non-ortho nitro benzene ring substituents is 1. The molecule has 0 N–H and O–H groups in total. The maximum atomic E-state index is 12.9. The van der Waals surface area contributed by atoms with Gasteiger partial charge in [0.15, 0.2) is 0 Å². The number of benzene rings is 1. The smallest absolute Gasteiger partial charge is 0.270 e. The van der Waals surface area contributed by atoms with Gasteiger partial charge in [0.1, 0.15) is 0 Å². The van der Waals surface area contributed by atoms with Gasteiger partial charge in [-0.1, -0.05) is 0 Å². The molecule has 126 valence electrons. The van der Waals surface area contributed by atoms with E-state index in [0.717, 1.165) is 13.0 Å². The summed E-state index contributed by atoms with van der Waals surface area (Å²) >= 11 is 0. The minimum absolute atomic E-state index is 0.0702. The number of rotatable bonds is 6. The zero-order valence-corrected chi connectivity index (χ0v) is 13.8. The van der Waals surface area contributed by atoms with Gasteiger partial charge in [-0.05, 0) is 19.4 Å². The van der Waals surface area contributed by atoms with Crippen molar-refractivity contribution >= 4 is 17.3 Å². The van der Waals surface area contributed by atoms with Gasteiger partial charge in [-0.2, -0.15) is 0 Å². The number of carbonyl (C=O) groups excluding carboxylic acids is 1. The van der Waals surface area contributed by atoms with E-state index < -0.39 is 4.92 Å². The molecule has 2 rings (SSSR count). The summed E-state index contributed by atoms with van der Waals surface area (Å²) in [6, 6.07) is 4.41. The van der Waals surface area contributed by atoms with Crippen molar-refractivity contribution in [1.82, 2.24) is 4.90 Å². The highest BCUT2D eigenvalue weighted by Gasteiger charge is 2.25. The largest absolute Gasteiger partial charge is 0.381 e. The topological polar surface area (TPSA) is 75.9 Å². The number of anilines is 1. The minimum atomic E-state index is -0.475. The third-order valence-electron chi connectivity index (χ3n) is 4.07. The molecule has 1 aliphatic heterocycles. The van der Waals surface area contributed by atoms with E-state index >= 15 is 0 Å². The summed E-state index contributed by atoms with van der Waals surface area (Å²) in [4.78, 5) is 27.0. The second-order valence-electron chi connectivity index (χ2n) is 5.93. The van der Waals surface area contributed by atoms with Gasteiger partial charge in [0.2, 0.25) is 0 Å². The van der Waals surface area contributed by atoms with Crippen LogP contribution in [0, 0.1) is 16.0 Å². The molecule has 0 saturated carbocycles. The van der Waals surface area contributed by atoms with Crippen LogP contribution in [0.15, 0.2) is 18.2 Å². The van der Waals surface area contributed by atoms with Crippen molar-refractivity contribution in [3.8, 4) is 0 Å². The predicted octanol–water partition coefficient (Wildman–Crippen LogP) is 2.16. The number of nitro benzene ring substituents is 1. The van der Waals surface area contributed by atoms with Crippen LogP contribution in [-0.2, 0) is 4.74 Å². The first-order valence-electron chi connectivity index (χ1n) is 7.76. The quantitative estimate of drug-likeness (QED) is 0.593. The summed E-state index contributed by atoms with van der Waals surface area (Å²) in [5.74, 6) is 0.159. The van der Waals surface area contributed by atoms with Gasteiger partial charge in [0.25, 0.3) is 11.6 Å². The van der Waals surface area contributed by atoms with Crippen LogP contribution >= 0.6 is 0 Å². The first-order chi connectivity index (χ1) is 10.9. The molecule has 1 amide bonds. The lowest BCUT2D eigenvalue weighted by Gasteiger charge is -2.26. The first kappa shape index (κ1) is 17.2. The maximum absolute atomic E-state index is 12.9. The van der Waals surface area contributed by atoms with E-state index in [9.17, 15) is 14.9 Å². The summed E-state index contributed by atoms with van der Waals surface area (Å²) in [6.45, 7) is 4.49. The second-order valence-corrected chi connectivity index (χ2v) is 5.93. The molecular weight excluding hydrogens is 298 g/mol. The van der Waals surface area contributed by atoms with Gasteiger partial charge >= 0.3 is 0 Å². The van der Waals surface area contributed by atoms with Gasteiger partial charge in [-0.15, -0.1) is 0 Å². The monoisotopic (exact) mass is 321 g/mol. The summed E-state index contributed by atoms with van der Waals surface area (Å²) in [7, 11) is 3.64. The Hall–Kier alpha value is -2.15. The summed E-state index contributed by atoms with van der Waals surface area (Å²) < 4.78 is 5.36. The molecule has 0 unspecified atom stereocenters. The molecule has 1 atom stereocenters. The summed E-state index contributed by atoms with van der Waals surface area (Å²) in [5, 5.41) is 11.0. The van der Waals surface area contributed by atoms with Crippen LogP contribution in [0.1, 0.15) is 23.7 Å². The molecule has 1 aromatic carbocycles. The fraction of sp³-hybridized carbons (Fsp3) is 0.562. The predicted molar refractivity (Wildman–Crippen MR) is 87.9 cm³/mol. The van der Waals surface area contributed by atoms with E-state index in [1.165, 1.54) is 12.1 Å². The SMILES string of the molecule is CCN(C[C@H]1CCOC1)C(=O)c1cc([N+](=O)[O-])ccc1N(C)C. The second kappa shape index (κ2) is 7.41. The number of hydrogen-bond donors (Lipinski definition) is 0. The Bertz CT molecular complexity index is 583. The maximum Gasteiger partial charge on any atom is 0.270 e. The number of carbonyl (C=O) groups is 1. The molecular formula is C16H23N3O4. The van der Waals surface area contributed by atoms with Gasteiger partial charge in [0.05, 0.1) is 17.1 Å². The Morgan fingerprint density at radius 3 is 2.70 bits per heavy atom. The molecule has 1 fully saturated rings. The molecule has 1 aromatic rings. The van der Waals surface area contributed by atoms with Crippen LogP contribution in [0.5, 0.6) is 0 Å². The molecule has 0 aromatic heterocycles. The van der Waals surface area contributed by atoms with Gasteiger partial charge in [-0.25, -0.2) is 0 Å². The lowest BCUT2D eigenvalue weighted by Crippen LogP contribution is -2.36. The Labute approximate surface area is 136 Å². The molecule has 0 radical (unpaired) electrons. The Kier molecular flexibility index (Phi) is 5.54. The third kappa shape index (κ3) is 3.98. The van der Waals surface area contributed by atoms with Crippen LogP contribution in [0.2, 0.25) is 0 Å². The minimum Gasteiger partial charge on any atom is -0.381 e. The lowest BCUT2D eigenvalue weighted by molar-refractivity contribution is -0.384. The molecule has 0 spiro atoms. The normalized spacial score (nSPS) is 17.1. The van der Waals surface area contributed by atoms with Crippen LogP contribution in [0.25, 0.3) is 0 Å². The van der Waals surface area contributed by atoms with E-state index in [2.05, 4.69) is 0 Å². The first-order valence-corrected chi connectivity index (χ1v) is 7.76. The van der Waals surface area contributed by atoms with Crippen molar-refractivity contribution in [2.75, 3.05) is 45.3 Å². The molecule has 23 heavy (non-hydrogen) atoms. The Morgan fingerprint density at radius 1 is 1.43 bits per heavy atom. The van der Waals surface area contributed by atoms with Gasteiger partial charge in [-0.3, -0.25) is 14.9 Å². The summed E-state index contributed by atoms with van der Waals surface area (Å²) in [5.41, 5.74) is 0.978. The van der Waals surface area contributed by atoms with Gasteiger partial charge < -0.3 is 14.5 Å². The van der Waals surface area contributed by atoms with E-state index in [1.54, 1.807) is 15.9 Å². The average molecular weight is 321 g/mol. The van der Waals surface area contributed by atoms with Crippen molar-refractivity contribution in [2.24, 2.45) is 5.92 Å². The van der Waals surface area contributed by atoms with E-state index in [1.807, 2.05) is 21.0 Å². The van der Waals surface area contributed by atoms with Crippen LogP contribution < -0.4 is 4.90 Å². The van der Waals surface area contributed by atoms with E-state index in [4.69, 9.17) is 4.74 Å². The fourth-order valence-corrected chi connectivity index (χ4v) is 2.76. The third-order valence-corrected chi connectivity index (χ3v) is 4.07. The zero-order chi connectivity index (χ0) is 17.0. The van der Waals surface area contributed by atoms with Crippen LogP contribution in [-0.4, -0.2) is 56.1 Å². The van der Waals surface area contributed by atoms with E-state index in [-0.39, 0.29) is 11.6 Å².